The Labute approximate surface area is 222 Å². The van der Waals surface area contributed by atoms with Crippen molar-refractivity contribution in [2.24, 2.45) is 0 Å². The van der Waals surface area contributed by atoms with Crippen LogP contribution in [0.5, 0.6) is 5.75 Å². The molecule has 0 saturated carbocycles. The van der Waals surface area contributed by atoms with Gasteiger partial charge < -0.3 is 14.6 Å². The molecular formula is C32H38N2O2Si. The fraction of sp³-hybridized carbons (Fsp3) is 0.406. The largest absolute Gasteiger partial charge is 0.534 e. The second kappa shape index (κ2) is 9.14. The number of hydrogen-bond acceptors (Lipinski definition) is 3. The third kappa shape index (κ3) is 3.95. The first kappa shape index (κ1) is 24.4. The summed E-state index contributed by atoms with van der Waals surface area (Å²) in [4.78, 5) is 15.7. The van der Waals surface area contributed by atoms with Crippen molar-refractivity contribution in [1.82, 2.24) is 10.2 Å². The van der Waals surface area contributed by atoms with Crippen LogP contribution in [0.2, 0.25) is 5.04 Å². The molecule has 1 aliphatic carbocycles. The summed E-state index contributed by atoms with van der Waals surface area (Å²) in [6, 6.07) is 28.4. The van der Waals surface area contributed by atoms with Crippen LogP contribution in [0, 0.1) is 0 Å². The molecule has 0 bridgehead atoms. The molecule has 3 aliphatic rings. The minimum absolute atomic E-state index is 0.0977. The van der Waals surface area contributed by atoms with E-state index >= 15 is 0 Å². The van der Waals surface area contributed by atoms with E-state index in [1.807, 2.05) is 0 Å². The van der Waals surface area contributed by atoms with Gasteiger partial charge in [-0.3, -0.25) is 4.79 Å². The number of nitrogens with one attached hydrogen (secondary N) is 1. The molecule has 37 heavy (non-hydrogen) atoms. The van der Waals surface area contributed by atoms with E-state index in [-0.39, 0.29) is 16.6 Å². The first-order valence-corrected chi connectivity index (χ1v) is 15.7. The van der Waals surface area contributed by atoms with E-state index in [0.717, 1.165) is 50.9 Å². The highest BCUT2D eigenvalue weighted by Gasteiger charge is 2.53. The molecule has 5 heteroatoms. The molecule has 192 valence electrons. The van der Waals surface area contributed by atoms with E-state index in [1.54, 1.807) is 0 Å². The molecule has 2 aliphatic heterocycles. The van der Waals surface area contributed by atoms with E-state index in [9.17, 15) is 4.79 Å². The maximum Gasteiger partial charge on any atom is 0.319 e. The number of carbonyl (C=O) groups excluding carboxylic acids is 1. The summed E-state index contributed by atoms with van der Waals surface area (Å²) in [5.74, 6) is 1.22. The van der Waals surface area contributed by atoms with Crippen molar-refractivity contribution in [2.45, 2.75) is 69.5 Å². The molecule has 4 nitrogen and oxygen atoms in total. The molecule has 0 radical (unpaired) electrons. The van der Waals surface area contributed by atoms with Gasteiger partial charge in [0.2, 0.25) is 5.91 Å². The number of hydrogen-bond donors (Lipinski definition) is 1. The molecule has 0 aromatic heterocycles. The number of carbonyl (C=O) groups is 1. The molecule has 1 spiro atoms. The van der Waals surface area contributed by atoms with Crippen molar-refractivity contribution >= 4 is 24.6 Å². The summed E-state index contributed by atoms with van der Waals surface area (Å²) < 4.78 is 7.32. The van der Waals surface area contributed by atoms with Crippen LogP contribution < -0.4 is 20.1 Å². The summed E-state index contributed by atoms with van der Waals surface area (Å²) >= 11 is 0. The van der Waals surface area contributed by atoms with Gasteiger partial charge in [-0.1, -0.05) is 87.5 Å². The van der Waals surface area contributed by atoms with E-state index in [4.69, 9.17) is 4.43 Å². The smallest absolute Gasteiger partial charge is 0.319 e. The molecule has 1 amide bonds. The number of nitrogens with zero attached hydrogens (tertiary/aromatic N) is 1. The minimum atomic E-state index is -2.71. The SMILES string of the molecule is CC(C)(C)[Si](Oc1ccc2c(c1)[C@H](N1CC[C@]3(CCCN3)C1=O)CC2)(c1ccccc1)c1ccccc1. The zero-order valence-electron chi connectivity index (χ0n) is 22.3. The van der Waals surface area contributed by atoms with Crippen LogP contribution in [-0.2, 0) is 11.2 Å². The van der Waals surface area contributed by atoms with Gasteiger partial charge in [0.1, 0.15) is 5.75 Å². The Balaban J connectivity index is 1.40. The Kier molecular flexibility index (Phi) is 6.04. The molecule has 2 saturated heterocycles. The van der Waals surface area contributed by atoms with Crippen LogP contribution in [0.25, 0.3) is 0 Å². The van der Waals surface area contributed by atoms with Crippen molar-refractivity contribution in [1.29, 1.82) is 0 Å². The van der Waals surface area contributed by atoms with Crippen LogP contribution >= 0.6 is 0 Å². The van der Waals surface area contributed by atoms with Crippen LogP contribution in [-0.4, -0.2) is 37.8 Å². The molecule has 6 rings (SSSR count). The van der Waals surface area contributed by atoms with E-state index < -0.39 is 8.32 Å². The quantitative estimate of drug-likeness (QED) is 0.493. The predicted molar refractivity (Wildman–Crippen MR) is 152 cm³/mol. The molecular weight excluding hydrogens is 472 g/mol. The third-order valence-corrected chi connectivity index (χ3v) is 13.9. The lowest BCUT2D eigenvalue weighted by atomic mass is 9.96. The number of benzene rings is 3. The summed E-state index contributed by atoms with van der Waals surface area (Å²) in [7, 11) is -2.71. The van der Waals surface area contributed by atoms with Crippen LogP contribution in [0.1, 0.15) is 63.6 Å². The average molecular weight is 511 g/mol. The van der Waals surface area contributed by atoms with Gasteiger partial charge in [-0.2, -0.15) is 0 Å². The summed E-state index contributed by atoms with van der Waals surface area (Å²) in [5, 5.41) is 5.99. The highest BCUT2D eigenvalue weighted by molar-refractivity contribution is 7.00. The molecule has 1 N–H and O–H groups in total. The summed E-state index contributed by atoms with van der Waals surface area (Å²) in [6.07, 6.45) is 5.01. The van der Waals surface area contributed by atoms with Gasteiger partial charge in [0.25, 0.3) is 0 Å². The average Bonchev–Trinajstić information content (AvgIpc) is 3.63. The number of aryl methyl sites for hydroxylation is 1. The first-order chi connectivity index (χ1) is 17.8. The van der Waals surface area contributed by atoms with E-state index in [1.165, 1.54) is 21.5 Å². The number of fused-ring (bicyclic) bond motifs is 1. The lowest BCUT2D eigenvalue weighted by Crippen LogP contribution is -2.68. The third-order valence-electron chi connectivity index (χ3n) is 8.92. The lowest BCUT2D eigenvalue weighted by Gasteiger charge is -2.43. The van der Waals surface area contributed by atoms with Gasteiger partial charge in [0.15, 0.2) is 0 Å². The van der Waals surface area contributed by atoms with Crippen LogP contribution in [0.3, 0.4) is 0 Å². The van der Waals surface area contributed by atoms with Gasteiger partial charge in [-0.25, -0.2) is 0 Å². The maximum atomic E-state index is 13.6. The molecule has 2 atom stereocenters. The van der Waals surface area contributed by atoms with E-state index in [2.05, 4.69) is 110 Å². The molecule has 2 heterocycles. The van der Waals surface area contributed by atoms with Crippen molar-refractivity contribution in [3.05, 3.63) is 90.0 Å². The van der Waals surface area contributed by atoms with Crippen LogP contribution in [0.4, 0.5) is 0 Å². The summed E-state index contributed by atoms with van der Waals surface area (Å²) in [5.41, 5.74) is 2.32. The fourth-order valence-electron chi connectivity index (χ4n) is 7.07. The Morgan fingerprint density at radius 3 is 2.22 bits per heavy atom. The highest BCUT2D eigenvalue weighted by atomic mass is 28.4. The Bertz CT molecular complexity index is 1240. The minimum Gasteiger partial charge on any atom is -0.534 e. The Morgan fingerprint density at radius 2 is 1.62 bits per heavy atom. The molecule has 3 aromatic rings. The fourth-order valence-corrected chi connectivity index (χ4v) is 11.5. The standard InChI is InChI=1S/C32H38N2O2Si/c1-31(2,3)37(26-11-6-4-7-12-26,27-13-8-5-9-14-27)36-25-17-15-24-16-18-29(28(24)23-25)34-22-20-32(30(34)35)19-10-21-33-32/h4-9,11-15,17,23,29,33H,10,16,18-22H2,1-3H3/t29-,32-/m1/s1. The van der Waals surface area contributed by atoms with Gasteiger partial charge in [-0.15, -0.1) is 0 Å². The zero-order chi connectivity index (χ0) is 25.7. The molecule has 0 unspecified atom stereocenters. The van der Waals surface area contributed by atoms with Gasteiger partial charge in [-0.05, 0) is 77.3 Å². The zero-order valence-corrected chi connectivity index (χ0v) is 23.3. The number of likely N-dealkylation sites (tertiary alicyclic amines) is 1. The first-order valence-electron chi connectivity index (χ1n) is 13.8. The normalized spacial score (nSPS) is 23.6. The number of amides is 1. The van der Waals surface area contributed by atoms with E-state index in [0.29, 0.717) is 5.91 Å². The predicted octanol–water partition coefficient (Wildman–Crippen LogP) is 4.97. The van der Waals surface area contributed by atoms with Gasteiger partial charge in [0.05, 0.1) is 11.6 Å². The monoisotopic (exact) mass is 510 g/mol. The lowest BCUT2D eigenvalue weighted by molar-refractivity contribution is -0.134. The Hall–Kier alpha value is -2.89. The molecule has 3 aromatic carbocycles. The second-order valence-corrected chi connectivity index (χ2v) is 16.3. The van der Waals surface area contributed by atoms with Crippen LogP contribution in [0.15, 0.2) is 78.9 Å². The maximum absolute atomic E-state index is 13.6. The summed E-state index contributed by atoms with van der Waals surface area (Å²) in [6.45, 7) is 8.73. The van der Waals surface area contributed by atoms with Crippen molar-refractivity contribution in [3.63, 3.8) is 0 Å². The topological polar surface area (TPSA) is 41.6 Å². The van der Waals surface area contributed by atoms with Crippen molar-refractivity contribution < 1.29 is 9.22 Å². The molecule has 2 fully saturated rings. The van der Waals surface area contributed by atoms with Gasteiger partial charge >= 0.3 is 8.32 Å². The van der Waals surface area contributed by atoms with Gasteiger partial charge in [0, 0.05) is 6.54 Å². The van der Waals surface area contributed by atoms with Crippen molar-refractivity contribution in [2.75, 3.05) is 13.1 Å². The second-order valence-electron chi connectivity index (χ2n) is 12.0. The van der Waals surface area contributed by atoms with Crippen molar-refractivity contribution in [3.8, 4) is 5.75 Å². The highest BCUT2D eigenvalue weighted by Crippen LogP contribution is 2.44. The number of rotatable bonds is 5. The Morgan fingerprint density at radius 1 is 0.946 bits per heavy atom.